The van der Waals surface area contributed by atoms with Crippen LogP contribution in [0, 0.1) is 5.92 Å². The van der Waals surface area contributed by atoms with E-state index >= 15 is 0 Å². The number of piperidine rings is 1. The number of guanidine groups is 1. The number of urea groups is 1. The van der Waals surface area contributed by atoms with Crippen molar-refractivity contribution in [1.29, 1.82) is 0 Å². The number of hydrogen-bond acceptors (Lipinski definition) is 3. The van der Waals surface area contributed by atoms with E-state index < -0.39 is 6.04 Å². The Balaban J connectivity index is 1.96. The number of imide groups is 1. The van der Waals surface area contributed by atoms with E-state index in [1.807, 2.05) is 11.8 Å². The summed E-state index contributed by atoms with van der Waals surface area (Å²) in [5, 5.41) is 0. The Morgan fingerprint density at radius 2 is 1.88 bits per heavy atom. The Morgan fingerprint density at radius 1 is 1.24 bits per heavy atom. The first kappa shape index (κ1) is 17.4. The van der Waals surface area contributed by atoms with E-state index in [-0.39, 0.29) is 23.8 Å². The van der Waals surface area contributed by atoms with Crippen molar-refractivity contribution in [3.8, 4) is 0 Å². The normalized spacial score (nSPS) is 27.0. The minimum atomic E-state index is -0.559. The first-order valence-electron chi connectivity index (χ1n) is 8.68. The molecule has 0 saturated carbocycles. The van der Waals surface area contributed by atoms with E-state index in [2.05, 4.69) is 9.57 Å². The number of hydrogen-bond donors (Lipinski definition) is 1. The summed E-state index contributed by atoms with van der Waals surface area (Å²) in [6, 6.07) is -0.929. The zero-order chi connectivity index (χ0) is 18.3. The van der Waals surface area contributed by atoms with Crippen LogP contribution in [0.4, 0.5) is 4.79 Å². The first-order chi connectivity index (χ1) is 11.9. The predicted molar refractivity (Wildman–Crippen MR) is 91.1 cm³/mol. The summed E-state index contributed by atoms with van der Waals surface area (Å²) in [5.74, 6) is 0.576. The van der Waals surface area contributed by atoms with Gasteiger partial charge in [0, 0.05) is 20.0 Å². The lowest BCUT2D eigenvalue weighted by Gasteiger charge is -2.33. The fraction of sp³-hybridized carbons (Fsp3) is 0.688. The van der Waals surface area contributed by atoms with Gasteiger partial charge in [0.15, 0.2) is 0 Å². The van der Waals surface area contributed by atoms with Gasteiger partial charge in [-0.05, 0) is 19.3 Å². The van der Waals surface area contributed by atoms with Crippen molar-refractivity contribution < 1.29 is 19.0 Å². The number of carbonyl (C=O) groups excluding carboxylic acids is 3. The fourth-order valence-electron chi connectivity index (χ4n) is 3.67. The molecule has 0 aromatic carbocycles. The van der Waals surface area contributed by atoms with E-state index in [9.17, 15) is 14.4 Å². The molecule has 9 nitrogen and oxygen atoms in total. The Bertz CT molecular complexity index is 675. The van der Waals surface area contributed by atoms with Gasteiger partial charge >= 0.3 is 12.0 Å². The van der Waals surface area contributed by atoms with Gasteiger partial charge in [-0.1, -0.05) is 11.9 Å². The average Bonchev–Trinajstić information content (AvgIpc) is 2.98. The van der Waals surface area contributed by atoms with E-state index in [4.69, 9.17) is 5.73 Å². The van der Waals surface area contributed by atoms with Crippen LogP contribution in [0.3, 0.4) is 0 Å². The average molecular weight is 349 g/mol. The minimum Gasteiger partial charge on any atom is -0.369 e. The molecular weight excluding hydrogens is 324 g/mol. The second-order valence-corrected chi connectivity index (χ2v) is 6.77. The molecule has 3 aliphatic heterocycles. The van der Waals surface area contributed by atoms with Crippen molar-refractivity contribution in [3.63, 3.8) is 0 Å². The second-order valence-electron chi connectivity index (χ2n) is 6.77. The number of likely N-dealkylation sites (N-methyl/N-ethyl adjacent to an activating group) is 2. The highest BCUT2D eigenvalue weighted by molar-refractivity contribution is 6.25. The molecule has 1 unspecified atom stereocenters. The lowest BCUT2D eigenvalue weighted by atomic mass is 9.97. The quantitative estimate of drug-likeness (QED) is 0.678. The van der Waals surface area contributed by atoms with Gasteiger partial charge in [-0.15, -0.1) is 0 Å². The highest BCUT2D eigenvalue weighted by atomic mass is 16.2. The molecule has 9 heteroatoms. The maximum absolute atomic E-state index is 12.7. The zero-order valence-corrected chi connectivity index (χ0v) is 14.9. The van der Waals surface area contributed by atoms with Gasteiger partial charge in [0.2, 0.25) is 17.8 Å². The molecule has 2 fully saturated rings. The van der Waals surface area contributed by atoms with Crippen LogP contribution in [0.5, 0.6) is 0 Å². The molecule has 0 spiro atoms. The minimum absolute atomic E-state index is 0.107. The van der Waals surface area contributed by atoms with Gasteiger partial charge < -0.3 is 5.73 Å². The van der Waals surface area contributed by atoms with Crippen LogP contribution in [-0.2, 0) is 9.59 Å². The van der Waals surface area contributed by atoms with Crippen LogP contribution in [0.15, 0.2) is 4.99 Å². The molecule has 3 aliphatic rings. The Hall–Kier alpha value is -2.45. The van der Waals surface area contributed by atoms with Crippen molar-refractivity contribution in [3.05, 3.63) is 0 Å². The molecule has 25 heavy (non-hydrogen) atoms. The molecule has 0 radical (unpaired) electrons. The monoisotopic (exact) mass is 349 g/mol. The maximum Gasteiger partial charge on any atom is 0.392 e. The predicted octanol–water partition coefficient (Wildman–Crippen LogP) is -0.733. The number of nitrogens with two attached hydrogens (primary N) is 1. The van der Waals surface area contributed by atoms with Crippen LogP contribution in [0.2, 0.25) is 0 Å². The second kappa shape index (κ2) is 6.45. The van der Waals surface area contributed by atoms with Gasteiger partial charge in [0.1, 0.15) is 0 Å². The SMILES string of the molecule is CCCN1C(=[N+]2CCC(C(N)=O)CC2)N=C2C1C(=O)N(C)C(=O)N2C. The molecule has 1 atom stereocenters. The van der Waals surface area contributed by atoms with Gasteiger partial charge in [-0.2, -0.15) is 0 Å². The molecule has 3 heterocycles. The molecule has 0 aromatic heterocycles. The Labute approximate surface area is 146 Å². The van der Waals surface area contributed by atoms with Crippen LogP contribution in [0.1, 0.15) is 26.2 Å². The number of amides is 4. The molecule has 2 saturated heterocycles. The highest BCUT2D eigenvalue weighted by Gasteiger charge is 2.55. The van der Waals surface area contributed by atoms with Gasteiger partial charge in [0.25, 0.3) is 5.91 Å². The van der Waals surface area contributed by atoms with Crippen LogP contribution in [-0.4, -0.2) is 88.7 Å². The van der Waals surface area contributed by atoms with Crippen LogP contribution in [0.25, 0.3) is 0 Å². The third kappa shape index (κ3) is 2.77. The molecular formula is C16H25N6O3+. The van der Waals surface area contributed by atoms with E-state index in [0.717, 1.165) is 11.3 Å². The summed E-state index contributed by atoms with van der Waals surface area (Å²) in [4.78, 5) is 45.5. The zero-order valence-electron chi connectivity index (χ0n) is 14.9. The lowest BCUT2D eigenvalue weighted by molar-refractivity contribution is -0.545. The molecule has 0 aromatic rings. The standard InChI is InChI=1S/C16H24N6O3/c1-4-7-22-11-13(19(2)16(25)20(3)14(11)24)18-15(22)21-8-5-10(6-9-21)12(17)23/h10-11H,4-9H2,1-3H3,(H-,17,23)/p+1. The summed E-state index contributed by atoms with van der Waals surface area (Å²) < 4.78 is 2.09. The number of amidine groups is 1. The number of fused-ring (bicyclic) bond motifs is 1. The van der Waals surface area contributed by atoms with Crippen LogP contribution >= 0.6 is 0 Å². The Morgan fingerprint density at radius 3 is 2.44 bits per heavy atom. The number of primary amides is 1. The molecule has 4 amide bonds. The molecule has 136 valence electrons. The largest absolute Gasteiger partial charge is 0.392 e. The summed E-state index contributed by atoms with van der Waals surface area (Å²) in [5.41, 5.74) is 5.41. The molecule has 0 bridgehead atoms. The third-order valence-corrected chi connectivity index (χ3v) is 5.15. The van der Waals surface area contributed by atoms with E-state index in [1.165, 1.54) is 11.9 Å². The number of nitrogens with zero attached hydrogens (tertiary/aromatic N) is 5. The van der Waals surface area contributed by atoms with Gasteiger partial charge in [-0.3, -0.25) is 24.0 Å². The molecule has 3 rings (SSSR count). The lowest BCUT2D eigenvalue weighted by Crippen LogP contribution is -2.63. The summed E-state index contributed by atoms with van der Waals surface area (Å²) in [6.07, 6.45) is 2.21. The number of aliphatic imine (C=N–C) groups is 1. The summed E-state index contributed by atoms with van der Waals surface area (Å²) in [6.45, 7) is 4.04. The number of carbonyl (C=O) groups is 3. The smallest absolute Gasteiger partial charge is 0.369 e. The van der Waals surface area contributed by atoms with Crippen LogP contribution < -0.4 is 5.73 Å². The van der Waals surface area contributed by atoms with E-state index in [0.29, 0.717) is 44.3 Å². The number of rotatable bonds is 3. The van der Waals surface area contributed by atoms with Gasteiger partial charge in [0.05, 0.1) is 19.6 Å². The van der Waals surface area contributed by atoms with Crippen molar-refractivity contribution in [2.75, 3.05) is 33.7 Å². The molecule has 2 N–H and O–H groups in total. The van der Waals surface area contributed by atoms with Gasteiger partial charge in [-0.25, -0.2) is 9.69 Å². The third-order valence-electron chi connectivity index (χ3n) is 5.15. The summed E-state index contributed by atoms with van der Waals surface area (Å²) in [7, 11) is 3.14. The fourth-order valence-corrected chi connectivity index (χ4v) is 3.67. The Kier molecular flexibility index (Phi) is 4.49. The van der Waals surface area contributed by atoms with Crippen molar-refractivity contribution in [2.45, 2.75) is 32.2 Å². The van der Waals surface area contributed by atoms with Crippen molar-refractivity contribution in [1.82, 2.24) is 14.7 Å². The topological polar surface area (TPSA) is 102 Å². The first-order valence-corrected chi connectivity index (χ1v) is 8.68. The van der Waals surface area contributed by atoms with Crippen molar-refractivity contribution in [2.24, 2.45) is 16.6 Å². The highest BCUT2D eigenvalue weighted by Crippen LogP contribution is 2.24. The molecule has 0 aliphatic carbocycles. The van der Waals surface area contributed by atoms with E-state index in [1.54, 1.807) is 7.05 Å². The van der Waals surface area contributed by atoms with Crippen molar-refractivity contribution >= 4 is 29.6 Å². The maximum atomic E-state index is 12.7. The summed E-state index contributed by atoms with van der Waals surface area (Å²) >= 11 is 0.